The zero-order chi connectivity index (χ0) is 16.2. The Labute approximate surface area is 127 Å². The zero-order valence-corrected chi connectivity index (χ0v) is 12.7. The first-order valence-corrected chi connectivity index (χ1v) is 6.62. The van der Waals surface area contributed by atoms with Crippen LogP contribution in [0.25, 0.3) is 0 Å². The molecule has 1 aromatic carbocycles. The van der Waals surface area contributed by atoms with Gasteiger partial charge in [0, 0.05) is 11.4 Å². The van der Waals surface area contributed by atoms with E-state index in [-0.39, 0.29) is 11.4 Å². The van der Waals surface area contributed by atoms with Crippen molar-refractivity contribution in [1.29, 1.82) is 0 Å². The summed E-state index contributed by atoms with van der Waals surface area (Å²) in [5.74, 6) is -1.75. The molecule has 0 radical (unpaired) electrons. The maximum absolute atomic E-state index is 12.9. The van der Waals surface area contributed by atoms with Crippen LogP contribution < -0.4 is 5.32 Å². The van der Waals surface area contributed by atoms with Gasteiger partial charge in [0.05, 0.1) is 0 Å². The zero-order valence-electron chi connectivity index (χ0n) is 11.9. The lowest BCUT2D eigenvalue weighted by molar-refractivity contribution is -0.139. The Morgan fingerprint density at radius 1 is 1.43 bits per heavy atom. The lowest BCUT2D eigenvalue weighted by Crippen LogP contribution is -2.44. The number of carbonyl (C=O) groups is 2. The summed E-state index contributed by atoms with van der Waals surface area (Å²) in [5, 5.41) is 11.5. The number of halogens is 2. The third-order valence-corrected chi connectivity index (χ3v) is 2.78. The molecule has 0 spiro atoms. The van der Waals surface area contributed by atoms with Gasteiger partial charge in [0.15, 0.2) is 0 Å². The van der Waals surface area contributed by atoms with Gasteiger partial charge in [-0.05, 0) is 38.5 Å². The van der Waals surface area contributed by atoms with Crippen LogP contribution >= 0.6 is 11.6 Å². The van der Waals surface area contributed by atoms with Crippen LogP contribution in [0.2, 0.25) is 5.02 Å². The van der Waals surface area contributed by atoms with E-state index >= 15 is 0 Å². The standard InChI is InChI=1S/C14H17ClFNO4/c1-14(2,3)21-13(20)17-11(12(18)19)6-8-4-5-9(16)7-10(8)15/h4-5,7,11H,6H2,1-3H3,(H,17,20)(H,18,19)/t11-/m0/s1. The summed E-state index contributed by atoms with van der Waals surface area (Å²) in [6.45, 7) is 5.00. The Morgan fingerprint density at radius 3 is 2.52 bits per heavy atom. The monoisotopic (exact) mass is 317 g/mol. The van der Waals surface area contributed by atoms with Crippen LogP contribution in [0, 0.1) is 5.82 Å². The highest BCUT2D eigenvalue weighted by atomic mass is 35.5. The number of ether oxygens (including phenoxy) is 1. The Kier molecular flexibility index (Phi) is 5.54. The van der Waals surface area contributed by atoms with Gasteiger partial charge in [0.2, 0.25) is 0 Å². The van der Waals surface area contributed by atoms with Gasteiger partial charge >= 0.3 is 12.1 Å². The van der Waals surface area contributed by atoms with Crippen molar-refractivity contribution < 1.29 is 23.8 Å². The first-order valence-electron chi connectivity index (χ1n) is 6.25. The normalized spacial score (nSPS) is 12.6. The second kappa shape index (κ2) is 6.76. The third kappa shape index (κ3) is 5.99. The van der Waals surface area contributed by atoms with Crippen molar-refractivity contribution in [2.45, 2.75) is 38.8 Å². The quantitative estimate of drug-likeness (QED) is 0.895. The van der Waals surface area contributed by atoms with Gasteiger partial charge in [-0.2, -0.15) is 0 Å². The van der Waals surface area contributed by atoms with E-state index < -0.39 is 29.5 Å². The summed E-state index contributed by atoms with van der Waals surface area (Å²) >= 11 is 5.84. The first-order chi connectivity index (χ1) is 9.58. The van der Waals surface area contributed by atoms with Gasteiger partial charge in [-0.25, -0.2) is 14.0 Å². The molecular weight excluding hydrogens is 301 g/mol. The number of rotatable bonds is 4. The topological polar surface area (TPSA) is 75.6 Å². The van der Waals surface area contributed by atoms with Gasteiger partial charge < -0.3 is 15.2 Å². The molecule has 0 saturated carbocycles. The molecule has 5 nitrogen and oxygen atoms in total. The molecule has 0 unspecified atom stereocenters. The van der Waals surface area contributed by atoms with Crippen molar-refractivity contribution in [2.75, 3.05) is 0 Å². The summed E-state index contributed by atoms with van der Waals surface area (Å²) in [4.78, 5) is 22.8. The Balaban J connectivity index is 2.79. The average molecular weight is 318 g/mol. The maximum atomic E-state index is 12.9. The van der Waals surface area contributed by atoms with E-state index in [2.05, 4.69) is 5.32 Å². The number of benzene rings is 1. The molecule has 1 rings (SSSR count). The minimum atomic E-state index is -1.23. The van der Waals surface area contributed by atoms with Crippen LogP contribution in [-0.4, -0.2) is 28.8 Å². The summed E-state index contributed by atoms with van der Waals surface area (Å²) in [5.41, 5.74) is -0.317. The van der Waals surface area contributed by atoms with Crippen LogP contribution in [0.4, 0.5) is 9.18 Å². The highest BCUT2D eigenvalue weighted by Gasteiger charge is 2.24. The van der Waals surface area contributed by atoms with E-state index in [1.807, 2.05) is 0 Å². The summed E-state index contributed by atoms with van der Waals surface area (Å²) in [6, 6.07) is 2.42. The summed E-state index contributed by atoms with van der Waals surface area (Å²) < 4.78 is 17.9. The fourth-order valence-corrected chi connectivity index (χ4v) is 1.80. The molecule has 2 N–H and O–H groups in total. The van der Waals surface area contributed by atoms with Crippen LogP contribution in [0.3, 0.4) is 0 Å². The number of amides is 1. The van der Waals surface area contributed by atoms with Gasteiger partial charge in [0.25, 0.3) is 0 Å². The molecule has 0 fully saturated rings. The second-order valence-electron chi connectivity index (χ2n) is 5.48. The van der Waals surface area contributed by atoms with Gasteiger partial charge in [-0.1, -0.05) is 17.7 Å². The molecule has 7 heteroatoms. The van der Waals surface area contributed by atoms with E-state index in [1.165, 1.54) is 12.1 Å². The predicted octanol–water partition coefficient (Wildman–Crippen LogP) is 3.00. The number of alkyl carbamates (subject to hydrolysis) is 1. The molecule has 0 aliphatic rings. The number of carboxylic acids is 1. The van der Waals surface area contributed by atoms with Crippen LogP contribution in [-0.2, 0) is 16.0 Å². The molecular formula is C14H17ClFNO4. The average Bonchev–Trinajstić information content (AvgIpc) is 2.28. The fraction of sp³-hybridized carbons (Fsp3) is 0.429. The molecule has 116 valence electrons. The molecule has 1 atom stereocenters. The molecule has 21 heavy (non-hydrogen) atoms. The van der Waals surface area contributed by atoms with Crippen LogP contribution in [0.1, 0.15) is 26.3 Å². The van der Waals surface area contributed by atoms with Crippen molar-refractivity contribution in [3.63, 3.8) is 0 Å². The number of hydrogen-bond acceptors (Lipinski definition) is 3. The van der Waals surface area contributed by atoms with E-state index in [4.69, 9.17) is 21.4 Å². The highest BCUT2D eigenvalue weighted by Crippen LogP contribution is 2.19. The lowest BCUT2D eigenvalue weighted by atomic mass is 10.1. The number of aliphatic carboxylic acids is 1. The molecule has 1 amide bonds. The molecule has 0 aliphatic heterocycles. The maximum Gasteiger partial charge on any atom is 0.408 e. The minimum absolute atomic E-state index is 0.0757. The SMILES string of the molecule is CC(C)(C)OC(=O)N[C@@H](Cc1ccc(F)cc1Cl)C(=O)O. The van der Waals surface area contributed by atoms with E-state index in [1.54, 1.807) is 20.8 Å². The van der Waals surface area contributed by atoms with E-state index in [0.717, 1.165) is 6.07 Å². The van der Waals surface area contributed by atoms with Gasteiger partial charge in [-0.15, -0.1) is 0 Å². The molecule has 0 heterocycles. The Bertz CT molecular complexity index is 542. The van der Waals surface area contributed by atoms with E-state index in [0.29, 0.717) is 5.56 Å². The minimum Gasteiger partial charge on any atom is -0.480 e. The van der Waals surface area contributed by atoms with Crippen molar-refractivity contribution in [3.05, 3.63) is 34.6 Å². The second-order valence-corrected chi connectivity index (χ2v) is 5.88. The van der Waals surface area contributed by atoms with Gasteiger partial charge in [-0.3, -0.25) is 0 Å². The molecule has 0 bridgehead atoms. The molecule has 0 saturated heterocycles. The van der Waals surface area contributed by atoms with Crippen molar-refractivity contribution >= 4 is 23.7 Å². The van der Waals surface area contributed by atoms with Crippen molar-refractivity contribution in [3.8, 4) is 0 Å². The third-order valence-electron chi connectivity index (χ3n) is 2.43. The lowest BCUT2D eigenvalue weighted by Gasteiger charge is -2.22. The summed E-state index contributed by atoms with van der Waals surface area (Å²) in [6.07, 6.45) is -0.915. The van der Waals surface area contributed by atoms with Crippen LogP contribution in [0.5, 0.6) is 0 Å². The summed E-state index contributed by atoms with van der Waals surface area (Å²) in [7, 11) is 0. The van der Waals surface area contributed by atoms with E-state index in [9.17, 15) is 14.0 Å². The fourth-order valence-electron chi connectivity index (χ4n) is 1.56. The Hall–Kier alpha value is -1.82. The number of carboxylic acid groups (broad SMARTS) is 1. The predicted molar refractivity (Wildman–Crippen MR) is 75.9 cm³/mol. The number of carbonyl (C=O) groups excluding carboxylic acids is 1. The van der Waals surface area contributed by atoms with Crippen LogP contribution in [0.15, 0.2) is 18.2 Å². The smallest absolute Gasteiger partial charge is 0.408 e. The van der Waals surface area contributed by atoms with Crippen molar-refractivity contribution in [2.24, 2.45) is 0 Å². The molecule has 0 aliphatic carbocycles. The van der Waals surface area contributed by atoms with Gasteiger partial charge in [0.1, 0.15) is 17.5 Å². The highest BCUT2D eigenvalue weighted by molar-refractivity contribution is 6.31. The molecule has 1 aromatic rings. The van der Waals surface area contributed by atoms with Crippen molar-refractivity contribution in [1.82, 2.24) is 5.32 Å². The first kappa shape index (κ1) is 17.2. The molecule has 0 aromatic heterocycles. The largest absolute Gasteiger partial charge is 0.480 e. The Morgan fingerprint density at radius 2 is 2.05 bits per heavy atom. The number of nitrogens with one attached hydrogen (secondary N) is 1. The number of hydrogen-bond donors (Lipinski definition) is 2.